The normalized spacial score (nSPS) is 12.8. The van der Waals surface area contributed by atoms with Crippen molar-refractivity contribution in [3.63, 3.8) is 0 Å². The fourth-order valence-electron chi connectivity index (χ4n) is 2.40. The molecule has 0 radical (unpaired) electrons. The summed E-state index contributed by atoms with van der Waals surface area (Å²) < 4.78 is 5.39. The third-order valence-corrected chi connectivity index (χ3v) is 3.47. The molecule has 0 saturated carbocycles. The Morgan fingerprint density at radius 2 is 1.94 bits per heavy atom. The molecule has 0 amide bonds. The topological polar surface area (TPSA) is 25.2 Å². The molecule has 18 heavy (non-hydrogen) atoms. The zero-order valence-corrected chi connectivity index (χ0v) is 12.1. The first kappa shape index (κ1) is 15.3. The second kappa shape index (κ2) is 10.2. The van der Waals surface area contributed by atoms with Gasteiger partial charge in [0, 0.05) is 12.5 Å². The highest BCUT2D eigenvalue weighted by Gasteiger charge is 2.08. The van der Waals surface area contributed by atoms with Gasteiger partial charge in [0.15, 0.2) is 0 Å². The standard InChI is InChI=1S/C16H29NO/c1-3-5-6-7-8-10-15(17-4-2)12-13-16-11-9-14-18-16/h9,11,14-15,17H,3-8,10,12-13H2,1-2H3. The van der Waals surface area contributed by atoms with E-state index in [2.05, 4.69) is 25.2 Å². The van der Waals surface area contributed by atoms with Crippen LogP contribution in [0.25, 0.3) is 0 Å². The van der Waals surface area contributed by atoms with Crippen LogP contribution in [0.1, 0.15) is 64.6 Å². The van der Waals surface area contributed by atoms with Gasteiger partial charge in [0.25, 0.3) is 0 Å². The summed E-state index contributed by atoms with van der Waals surface area (Å²) in [6.07, 6.45) is 12.2. The van der Waals surface area contributed by atoms with E-state index in [1.54, 1.807) is 6.26 Å². The van der Waals surface area contributed by atoms with Crippen molar-refractivity contribution in [3.05, 3.63) is 24.2 Å². The molecule has 0 aliphatic heterocycles. The quantitative estimate of drug-likeness (QED) is 0.584. The average Bonchev–Trinajstić information content (AvgIpc) is 2.88. The maximum atomic E-state index is 5.39. The Bertz CT molecular complexity index is 269. The minimum Gasteiger partial charge on any atom is -0.469 e. The van der Waals surface area contributed by atoms with Gasteiger partial charge >= 0.3 is 0 Å². The molecule has 1 aromatic rings. The molecule has 2 heteroatoms. The van der Waals surface area contributed by atoms with Crippen molar-refractivity contribution in [1.29, 1.82) is 0 Å². The molecule has 0 spiro atoms. The summed E-state index contributed by atoms with van der Waals surface area (Å²) in [6, 6.07) is 4.70. The van der Waals surface area contributed by atoms with Gasteiger partial charge in [-0.1, -0.05) is 46.0 Å². The number of rotatable bonds is 11. The van der Waals surface area contributed by atoms with E-state index in [4.69, 9.17) is 4.42 Å². The molecule has 1 heterocycles. The third kappa shape index (κ3) is 6.85. The van der Waals surface area contributed by atoms with E-state index in [9.17, 15) is 0 Å². The lowest BCUT2D eigenvalue weighted by Crippen LogP contribution is -2.29. The van der Waals surface area contributed by atoms with Crippen LogP contribution in [-0.2, 0) is 6.42 Å². The van der Waals surface area contributed by atoms with Crippen LogP contribution >= 0.6 is 0 Å². The van der Waals surface area contributed by atoms with E-state index >= 15 is 0 Å². The van der Waals surface area contributed by atoms with Crippen molar-refractivity contribution in [1.82, 2.24) is 5.32 Å². The first-order valence-electron chi connectivity index (χ1n) is 7.62. The second-order valence-corrected chi connectivity index (χ2v) is 5.08. The minimum atomic E-state index is 0.654. The van der Waals surface area contributed by atoms with E-state index in [1.165, 1.54) is 44.9 Å². The number of nitrogens with one attached hydrogen (secondary N) is 1. The summed E-state index contributed by atoms with van der Waals surface area (Å²) in [5.41, 5.74) is 0. The Labute approximate surface area is 112 Å². The second-order valence-electron chi connectivity index (χ2n) is 5.08. The molecule has 0 fully saturated rings. The van der Waals surface area contributed by atoms with Gasteiger partial charge in [-0.05, 0) is 31.5 Å². The molecule has 1 unspecified atom stereocenters. The van der Waals surface area contributed by atoms with Crippen molar-refractivity contribution < 1.29 is 4.42 Å². The van der Waals surface area contributed by atoms with E-state index in [1.807, 2.05) is 6.07 Å². The number of hydrogen-bond acceptors (Lipinski definition) is 2. The number of aryl methyl sites for hydroxylation is 1. The van der Waals surface area contributed by atoms with Crippen LogP contribution in [0.3, 0.4) is 0 Å². The van der Waals surface area contributed by atoms with Gasteiger partial charge in [0.05, 0.1) is 6.26 Å². The van der Waals surface area contributed by atoms with E-state index < -0.39 is 0 Å². The smallest absolute Gasteiger partial charge is 0.103 e. The first-order valence-corrected chi connectivity index (χ1v) is 7.62. The van der Waals surface area contributed by atoms with Crippen molar-refractivity contribution in [2.24, 2.45) is 0 Å². The number of furan rings is 1. The van der Waals surface area contributed by atoms with Crippen molar-refractivity contribution in [3.8, 4) is 0 Å². The Balaban J connectivity index is 2.14. The summed E-state index contributed by atoms with van der Waals surface area (Å²) in [5, 5.41) is 3.59. The van der Waals surface area contributed by atoms with Gasteiger partial charge < -0.3 is 9.73 Å². The van der Waals surface area contributed by atoms with E-state index in [0.29, 0.717) is 6.04 Å². The monoisotopic (exact) mass is 251 g/mol. The zero-order chi connectivity index (χ0) is 13.1. The average molecular weight is 251 g/mol. The third-order valence-electron chi connectivity index (χ3n) is 3.47. The first-order chi connectivity index (χ1) is 8.86. The molecule has 2 nitrogen and oxygen atoms in total. The fraction of sp³-hybridized carbons (Fsp3) is 0.750. The summed E-state index contributed by atoms with van der Waals surface area (Å²) in [6.45, 7) is 5.53. The number of unbranched alkanes of at least 4 members (excludes halogenated alkanes) is 4. The van der Waals surface area contributed by atoms with Gasteiger partial charge in [0.1, 0.15) is 5.76 Å². The predicted octanol–water partition coefficient (Wildman–Crippen LogP) is 4.55. The van der Waals surface area contributed by atoms with E-state index in [0.717, 1.165) is 18.7 Å². The lowest BCUT2D eigenvalue weighted by atomic mass is 10.0. The van der Waals surface area contributed by atoms with Crippen LogP contribution in [0.5, 0.6) is 0 Å². The lowest BCUT2D eigenvalue weighted by molar-refractivity contribution is 0.417. The highest BCUT2D eigenvalue weighted by molar-refractivity contribution is 4.98. The van der Waals surface area contributed by atoms with E-state index in [-0.39, 0.29) is 0 Å². The van der Waals surface area contributed by atoms with Crippen LogP contribution < -0.4 is 5.32 Å². The summed E-state index contributed by atoms with van der Waals surface area (Å²) in [7, 11) is 0. The van der Waals surface area contributed by atoms with Gasteiger partial charge in [-0.2, -0.15) is 0 Å². The molecule has 0 aromatic carbocycles. The predicted molar refractivity (Wildman–Crippen MR) is 77.9 cm³/mol. The maximum Gasteiger partial charge on any atom is 0.103 e. The van der Waals surface area contributed by atoms with Crippen molar-refractivity contribution >= 4 is 0 Å². The molecule has 0 saturated heterocycles. The summed E-state index contributed by atoms with van der Waals surface area (Å²) in [5.74, 6) is 1.11. The summed E-state index contributed by atoms with van der Waals surface area (Å²) >= 11 is 0. The highest BCUT2D eigenvalue weighted by Crippen LogP contribution is 2.12. The molecule has 104 valence electrons. The van der Waals surface area contributed by atoms with Crippen LogP contribution in [0.2, 0.25) is 0 Å². The van der Waals surface area contributed by atoms with Crippen LogP contribution in [0.15, 0.2) is 22.8 Å². The largest absolute Gasteiger partial charge is 0.469 e. The van der Waals surface area contributed by atoms with Crippen LogP contribution in [0.4, 0.5) is 0 Å². The Morgan fingerprint density at radius 1 is 1.11 bits per heavy atom. The zero-order valence-electron chi connectivity index (χ0n) is 12.1. The van der Waals surface area contributed by atoms with Crippen LogP contribution in [0, 0.1) is 0 Å². The fourth-order valence-corrected chi connectivity index (χ4v) is 2.40. The lowest BCUT2D eigenvalue weighted by Gasteiger charge is -2.17. The van der Waals surface area contributed by atoms with Gasteiger partial charge in [-0.25, -0.2) is 0 Å². The highest BCUT2D eigenvalue weighted by atomic mass is 16.3. The molecule has 0 aliphatic carbocycles. The molecular formula is C16H29NO. The van der Waals surface area contributed by atoms with Crippen molar-refractivity contribution in [2.45, 2.75) is 71.3 Å². The molecule has 1 atom stereocenters. The molecule has 0 bridgehead atoms. The molecule has 0 aliphatic rings. The molecular weight excluding hydrogens is 222 g/mol. The Hall–Kier alpha value is -0.760. The van der Waals surface area contributed by atoms with Gasteiger partial charge in [-0.3, -0.25) is 0 Å². The molecule has 1 rings (SSSR count). The van der Waals surface area contributed by atoms with Gasteiger partial charge in [-0.15, -0.1) is 0 Å². The Kier molecular flexibility index (Phi) is 8.66. The SMILES string of the molecule is CCCCCCCC(CCc1ccco1)NCC. The summed E-state index contributed by atoms with van der Waals surface area (Å²) in [4.78, 5) is 0. The molecule has 1 aromatic heterocycles. The maximum absolute atomic E-state index is 5.39. The van der Waals surface area contributed by atoms with Crippen LogP contribution in [-0.4, -0.2) is 12.6 Å². The minimum absolute atomic E-state index is 0.654. The van der Waals surface area contributed by atoms with Gasteiger partial charge in [0.2, 0.25) is 0 Å². The number of hydrogen-bond donors (Lipinski definition) is 1. The van der Waals surface area contributed by atoms with Crippen molar-refractivity contribution in [2.75, 3.05) is 6.54 Å². The molecule has 1 N–H and O–H groups in total. The Morgan fingerprint density at radius 3 is 2.61 bits per heavy atom.